The molecule has 90 valence electrons. The Hall–Kier alpha value is -1.41. The van der Waals surface area contributed by atoms with Gasteiger partial charge in [0.2, 0.25) is 5.90 Å². The maximum atomic E-state index is 11.9. The second-order valence-corrected chi connectivity index (χ2v) is 4.86. The molecule has 1 aliphatic heterocycles. The smallest absolute Gasteiger partial charge is 0.251 e. The number of carbonyl (C=O) groups is 1. The van der Waals surface area contributed by atoms with E-state index in [-0.39, 0.29) is 10.8 Å². The average Bonchev–Trinajstić information content (AvgIpc) is 2.17. The minimum absolute atomic E-state index is 0.0394. The Balaban J connectivity index is 3.14. The molecular weight excluding hydrogens is 232 g/mol. The van der Waals surface area contributed by atoms with E-state index in [2.05, 4.69) is 9.36 Å². The summed E-state index contributed by atoms with van der Waals surface area (Å²) in [4.78, 5) is 14.7. The Morgan fingerprint density at radius 1 is 1.69 bits per heavy atom. The Morgan fingerprint density at radius 3 is 2.81 bits per heavy atom. The summed E-state index contributed by atoms with van der Waals surface area (Å²) < 4.78 is 20.4. The Bertz CT molecular complexity index is 460. The van der Waals surface area contributed by atoms with Crippen LogP contribution in [0.3, 0.4) is 0 Å². The van der Waals surface area contributed by atoms with E-state index in [1.165, 1.54) is 0 Å². The molecule has 1 heterocycles. The molecule has 4 N–H and O–H groups in total. The van der Waals surface area contributed by atoms with Gasteiger partial charge >= 0.3 is 0 Å². The zero-order valence-electron chi connectivity index (χ0n) is 8.88. The van der Waals surface area contributed by atoms with Crippen molar-refractivity contribution in [1.82, 2.24) is 0 Å². The van der Waals surface area contributed by atoms with Gasteiger partial charge in [-0.15, -0.1) is 4.36 Å². The number of ether oxygens (including phenoxy) is 1. The number of amides is 1. The highest BCUT2D eigenvalue weighted by Gasteiger charge is 2.21. The molecule has 1 rings (SSSR count). The van der Waals surface area contributed by atoms with E-state index in [0.717, 1.165) is 19.5 Å². The summed E-state index contributed by atoms with van der Waals surface area (Å²) in [7, 11) is -3.37. The summed E-state index contributed by atoms with van der Waals surface area (Å²) in [6, 6.07) is 0. The first-order valence-corrected chi connectivity index (χ1v) is 6.20. The summed E-state index contributed by atoms with van der Waals surface area (Å²) in [5, 5.41) is 5.43. The maximum absolute atomic E-state index is 11.9. The fourth-order valence-corrected chi connectivity index (χ4v) is 2.19. The Morgan fingerprint density at radius 2 is 2.38 bits per heavy atom. The minimum Gasteiger partial charge on any atom is -0.477 e. The van der Waals surface area contributed by atoms with Crippen molar-refractivity contribution in [3.63, 3.8) is 0 Å². The van der Waals surface area contributed by atoms with E-state index < -0.39 is 15.8 Å². The summed E-state index contributed by atoms with van der Waals surface area (Å²) in [5.41, 5.74) is 5.31. The van der Waals surface area contributed by atoms with Crippen LogP contribution in [0.25, 0.3) is 0 Å². The van der Waals surface area contributed by atoms with Crippen molar-refractivity contribution in [3.8, 4) is 0 Å². The third-order valence-corrected chi connectivity index (χ3v) is 3.21. The van der Waals surface area contributed by atoms with Crippen molar-refractivity contribution in [2.45, 2.75) is 13.3 Å². The molecule has 1 amide bonds. The van der Waals surface area contributed by atoms with Gasteiger partial charge in [0, 0.05) is 26.1 Å². The maximum Gasteiger partial charge on any atom is 0.251 e. The van der Waals surface area contributed by atoms with Crippen molar-refractivity contribution in [2.24, 2.45) is 20.2 Å². The van der Waals surface area contributed by atoms with Crippen LogP contribution in [-0.4, -0.2) is 29.2 Å². The molecule has 0 bridgehead atoms. The summed E-state index contributed by atoms with van der Waals surface area (Å²) in [6.07, 6.45) is 1.79. The molecule has 16 heavy (non-hydrogen) atoms. The van der Waals surface area contributed by atoms with E-state index >= 15 is 0 Å². The molecule has 0 aromatic carbocycles. The van der Waals surface area contributed by atoms with E-state index in [0.29, 0.717) is 13.2 Å². The van der Waals surface area contributed by atoms with Crippen LogP contribution >= 0.6 is 0 Å². The zero-order chi connectivity index (χ0) is 12.2. The van der Waals surface area contributed by atoms with Crippen molar-refractivity contribution in [1.29, 1.82) is 0 Å². The van der Waals surface area contributed by atoms with Gasteiger partial charge in [0.25, 0.3) is 5.91 Å². The largest absolute Gasteiger partial charge is 0.477 e. The van der Waals surface area contributed by atoms with Crippen molar-refractivity contribution in [2.75, 3.05) is 13.2 Å². The zero-order valence-corrected chi connectivity index (χ0v) is 9.70. The SMILES string of the molecule is CC(=O)N=S(N)(=O)/C(=C/N)C1=NCCCO1. The highest BCUT2D eigenvalue weighted by atomic mass is 32.2. The molecule has 0 saturated carbocycles. The first-order chi connectivity index (χ1) is 7.47. The Kier molecular flexibility index (Phi) is 4.02. The lowest BCUT2D eigenvalue weighted by atomic mass is 10.4. The number of aliphatic imine (C=N–C) groups is 1. The van der Waals surface area contributed by atoms with E-state index in [1.54, 1.807) is 0 Å². The van der Waals surface area contributed by atoms with Crippen LogP contribution in [-0.2, 0) is 19.4 Å². The molecule has 7 nitrogen and oxygen atoms in total. The molecule has 0 spiro atoms. The van der Waals surface area contributed by atoms with Crippen LogP contribution in [0.5, 0.6) is 0 Å². The van der Waals surface area contributed by atoms with E-state index in [1.807, 2.05) is 0 Å². The van der Waals surface area contributed by atoms with Crippen LogP contribution in [0.1, 0.15) is 13.3 Å². The predicted octanol–water partition coefficient (Wildman–Crippen LogP) is -0.506. The van der Waals surface area contributed by atoms with Gasteiger partial charge in [0.15, 0.2) is 0 Å². The highest BCUT2D eigenvalue weighted by molar-refractivity contribution is 7.96. The summed E-state index contributed by atoms with van der Waals surface area (Å²) in [5.74, 6) is -0.533. The molecule has 1 atom stereocenters. The van der Waals surface area contributed by atoms with Gasteiger partial charge in [-0.2, -0.15) is 0 Å². The fraction of sp³-hybridized carbons (Fsp3) is 0.500. The second kappa shape index (κ2) is 5.08. The summed E-state index contributed by atoms with van der Waals surface area (Å²) >= 11 is 0. The monoisotopic (exact) mass is 246 g/mol. The van der Waals surface area contributed by atoms with Crippen molar-refractivity contribution >= 4 is 21.7 Å². The standard InChI is InChI=1S/C8H14N4O3S/c1-6(13)12-16(10,14)7(5-9)8-11-3-2-4-15-8/h5H,2-4,9H2,1H3,(H2,10,12,13,14)/b7-5+. The van der Waals surface area contributed by atoms with Crippen molar-refractivity contribution in [3.05, 3.63) is 11.1 Å². The first kappa shape index (κ1) is 12.7. The minimum atomic E-state index is -3.37. The molecular formula is C8H14N4O3S. The van der Waals surface area contributed by atoms with Crippen LogP contribution in [0.2, 0.25) is 0 Å². The number of hydrogen-bond acceptors (Lipinski definition) is 5. The van der Waals surface area contributed by atoms with Gasteiger partial charge in [0.05, 0.1) is 6.61 Å². The van der Waals surface area contributed by atoms with Gasteiger partial charge in [-0.05, 0) is 0 Å². The van der Waals surface area contributed by atoms with Gasteiger partial charge in [0.1, 0.15) is 14.8 Å². The molecule has 0 fully saturated rings. The molecule has 0 aliphatic carbocycles. The molecule has 0 aromatic rings. The molecule has 8 heteroatoms. The number of nitrogens with two attached hydrogens (primary N) is 2. The highest BCUT2D eigenvalue weighted by Crippen LogP contribution is 2.11. The van der Waals surface area contributed by atoms with Crippen LogP contribution < -0.4 is 10.9 Å². The number of nitrogens with zero attached hydrogens (tertiary/aromatic N) is 2. The predicted molar refractivity (Wildman–Crippen MR) is 60.6 cm³/mol. The van der Waals surface area contributed by atoms with Crippen molar-refractivity contribution < 1.29 is 13.7 Å². The summed E-state index contributed by atoms with van der Waals surface area (Å²) in [6.45, 7) is 2.15. The molecule has 0 aromatic heterocycles. The van der Waals surface area contributed by atoms with Gasteiger partial charge in [-0.25, -0.2) is 9.35 Å². The van der Waals surface area contributed by atoms with E-state index in [9.17, 15) is 9.00 Å². The fourth-order valence-electron chi connectivity index (χ4n) is 1.14. The van der Waals surface area contributed by atoms with Crippen LogP contribution in [0.4, 0.5) is 0 Å². The Labute approximate surface area is 93.9 Å². The lowest BCUT2D eigenvalue weighted by Gasteiger charge is -2.16. The molecule has 0 radical (unpaired) electrons. The second-order valence-electron chi connectivity index (χ2n) is 3.10. The van der Waals surface area contributed by atoms with Gasteiger partial charge in [-0.1, -0.05) is 0 Å². The number of hydrogen-bond donors (Lipinski definition) is 2. The topological polar surface area (TPSA) is 120 Å². The first-order valence-electron chi connectivity index (χ1n) is 4.62. The average molecular weight is 246 g/mol. The van der Waals surface area contributed by atoms with Gasteiger partial charge < -0.3 is 10.5 Å². The van der Waals surface area contributed by atoms with Crippen LogP contribution in [0, 0.1) is 0 Å². The van der Waals surface area contributed by atoms with Gasteiger partial charge in [-0.3, -0.25) is 9.79 Å². The quantitative estimate of drug-likeness (QED) is 0.681. The van der Waals surface area contributed by atoms with E-state index in [4.69, 9.17) is 15.6 Å². The molecule has 1 aliphatic rings. The third kappa shape index (κ3) is 3.04. The number of carbonyl (C=O) groups excluding carboxylic acids is 1. The lowest BCUT2D eigenvalue weighted by molar-refractivity contribution is -0.115. The molecule has 0 saturated heterocycles. The third-order valence-electron chi connectivity index (χ3n) is 1.74. The number of rotatable bonds is 2. The molecule has 1 unspecified atom stereocenters. The van der Waals surface area contributed by atoms with Crippen LogP contribution in [0.15, 0.2) is 20.5 Å². The lowest BCUT2D eigenvalue weighted by Crippen LogP contribution is -2.27. The normalized spacial score (nSPS) is 20.4.